The third kappa shape index (κ3) is 6.48. The summed E-state index contributed by atoms with van der Waals surface area (Å²) in [5.41, 5.74) is 0.796. The molecule has 1 fully saturated rings. The molecule has 0 N–H and O–H groups in total. The summed E-state index contributed by atoms with van der Waals surface area (Å²) < 4.78 is 34.0. The summed E-state index contributed by atoms with van der Waals surface area (Å²) in [6, 6.07) is 12.8. The number of amides is 1. The molecule has 1 unspecified atom stereocenters. The second kappa shape index (κ2) is 13.5. The molecule has 2 aliphatic rings. The van der Waals surface area contributed by atoms with E-state index >= 15 is 0 Å². The molecule has 0 aliphatic carbocycles. The van der Waals surface area contributed by atoms with Crippen LogP contribution in [-0.4, -0.2) is 68.6 Å². The zero-order valence-corrected chi connectivity index (χ0v) is 25.1. The zero-order chi connectivity index (χ0) is 31.2. The number of carbonyl (C=O) groups is 1. The van der Waals surface area contributed by atoms with E-state index in [9.17, 15) is 14.9 Å². The summed E-state index contributed by atoms with van der Waals surface area (Å²) >= 11 is 0. The summed E-state index contributed by atoms with van der Waals surface area (Å²) in [6.07, 6.45) is 4.54. The van der Waals surface area contributed by atoms with Crippen LogP contribution in [0, 0.1) is 10.1 Å². The van der Waals surface area contributed by atoms with E-state index in [2.05, 4.69) is 4.99 Å². The topological polar surface area (TPSA) is 131 Å². The second-order valence-corrected chi connectivity index (χ2v) is 10.3. The van der Waals surface area contributed by atoms with E-state index in [0.29, 0.717) is 65.1 Å². The Labute approximate surface area is 255 Å². The van der Waals surface area contributed by atoms with Crippen LogP contribution in [0.2, 0.25) is 0 Å². The van der Waals surface area contributed by atoms with Crippen molar-refractivity contribution in [2.75, 3.05) is 34.5 Å². The first kappa shape index (κ1) is 30.5. The molecule has 12 nitrogen and oxygen atoms in total. The van der Waals surface area contributed by atoms with Crippen molar-refractivity contribution in [2.45, 2.75) is 44.8 Å². The van der Waals surface area contributed by atoms with Gasteiger partial charge in [0.15, 0.2) is 23.0 Å². The highest BCUT2D eigenvalue weighted by Crippen LogP contribution is 2.40. The van der Waals surface area contributed by atoms with E-state index in [4.69, 9.17) is 28.4 Å². The Balaban J connectivity index is 1.25. The second-order valence-electron chi connectivity index (χ2n) is 10.3. The van der Waals surface area contributed by atoms with Crippen LogP contribution in [0.1, 0.15) is 43.0 Å². The van der Waals surface area contributed by atoms with E-state index in [-0.39, 0.29) is 36.1 Å². The molecular weight excluding hydrogens is 570 g/mol. The van der Waals surface area contributed by atoms with Crippen molar-refractivity contribution >= 4 is 23.5 Å². The van der Waals surface area contributed by atoms with Gasteiger partial charge in [0, 0.05) is 31.3 Å². The van der Waals surface area contributed by atoms with Crippen molar-refractivity contribution in [2.24, 2.45) is 4.99 Å². The van der Waals surface area contributed by atoms with Gasteiger partial charge in [-0.25, -0.2) is 0 Å². The van der Waals surface area contributed by atoms with Gasteiger partial charge in [-0.1, -0.05) is 6.92 Å². The Morgan fingerprint density at radius 3 is 2.41 bits per heavy atom. The number of nitro groups is 1. The van der Waals surface area contributed by atoms with Gasteiger partial charge in [-0.05, 0) is 49.6 Å². The van der Waals surface area contributed by atoms with E-state index in [1.165, 1.54) is 33.5 Å². The lowest BCUT2D eigenvalue weighted by atomic mass is 10.1. The third-order valence-corrected chi connectivity index (χ3v) is 7.62. The van der Waals surface area contributed by atoms with Crippen molar-refractivity contribution < 1.29 is 38.1 Å². The first-order valence-electron chi connectivity index (χ1n) is 14.4. The molecule has 3 aromatic rings. The predicted molar refractivity (Wildman–Crippen MR) is 163 cm³/mol. The number of nitrogens with zero attached hydrogens (tertiary/aromatic N) is 3. The number of fused-ring (bicyclic) bond motifs is 2. The number of rotatable bonds is 13. The van der Waals surface area contributed by atoms with Crippen LogP contribution in [0.4, 0.5) is 11.4 Å². The minimum Gasteiger partial charge on any atom is -0.493 e. The molecule has 2 aliphatic heterocycles. The fraction of sp³-hybridized carbons (Fsp3) is 0.375. The van der Waals surface area contributed by atoms with Crippen molar-refractivity contribution in [1.29, 1.82) is 0 Å². The summed E-state index contributed by atoms with van der Waals surface area (Å²) in [4.78, 5) is 30.9. The highest BCUT2D eigenvalue weighted by atomic mass is 16.6. The lowest BCUT2D eigenvalue weighted by molar-refractivity contribution is -0.385. The molecule has 44 heavy (non-hydrogen) atoms. The lowest BCUT2D eigenvalue weighted by Gasteiger charge is -2.21. The third-order valence-electron chi connectivity index (χ3n) is 7.62. The first-order chi connectivity index (χ1) is 21.3. The minimum absolute atomic E-state index is 0.00939. The average Bonchev–Trinajstić information content (AvgIpc) is 3.47. The Kier molecular flexibility index (Phi) is 9.37. The van der Waals surface area contributed by atoms with Crippen LogP contribution in [0.5, 0.6) is 40.2 Å². The van der Waals surface area contributed by atoms with Gasteiger partial charge < -0.3 is 33.3 Å². The summed E-state index contributed by atoms with van der Waals surface area (Å²) in [5.74, 6) is 2.55. The van der Waals surface area contributed by atoms with E-state index < -0.39 is 4.92 Å². The standard InChI is InChI=1S/C32H35N3O9/c1-5-21(12-14-42-31-18-25-24(17-30(31)41-4)32(36)34-13-6-7-20(34)19-33-25)43-22-8-10-27(26(15-22)35(37)38)44-23-9-11-28(39-2)29(16-23)40-3/h8-11,15-21H,5-7,12-14H2,1-4H3/t20-,21?/m0/s1. The maximum atomic E-state index is 13.1. The summed E-state index contributed by atoms with van der Waals surface area (Å²) in [7, 11) is 4.54. The van der Waals surface area contributed by atoms with Crippen molar-refractivity contribution in [1.82, 2.24) is 4.90 Å². The number of ether oxygens (including phenoxy) is 6. The highest BCUT2D eigenvalue weighted by Gasteiger charge is 2.32. The van der Waals surface area contributed by atoms with Crippen LogP contribution < -0.4 is 28.4 Å². The average molecular weight is 606 g/mol. The van der Waals surface area contributed by atoms with Gasteiger partial charge in [0.2, 0.25) is 5.75 Å². The van der Waals surface area contributed by atoms with Crippen molar-refractivity contribution in [3.8, 4) is 40.2 Å². The number of benzene rings is 3. The minimum atomic E-state index is -0.519. The largest absolute Gasteiger partial charge is 0.493 e. The number of nitro benzene ring substituents is 1. The maximum Gasteiger partial charge on any atom is 0.315 e. The molecule has 2 atom stereocenters. The van der Waals surface area contributed by atoms with Crippen LogP contribution in [-0.2, 0) is 0 Å². The SMILES string of the molecule is CCC(CCOc1cc2c(cc1OC)C(=O)N1CCC[C@H]1C=N2)Oc1ccc(Oc2ccc(OC)c(OC)c2)c([N+](=O)[O-])c1. The molecular formula is C32H35N3O9. The molecule has 12 heteroatoms. The fourth-order valence-electron chi connectivity index (χ4n) is 5.27. The number of carbonyl (C=O) groups excluding carboxylic acids is 1. The summed E-state index contributed by atoms with van der Waals surface area (Å²) in [6.45, 7) is 2.95. The predicted octanol–water partition coefficient (Wildman–Crippen LogP) is 6.36. The molecule has 232 valence electrons. The normalized spacial score (nSPS) is 16.0. The van der Waals surface area contributed by atoms with Gasteiger partial charge in [0.1, 0.15) is 17.6 Å². The van der Waals surface area contributed by atoms with E-state index in [1.807, 2.05) is 18.0 Å². The molecule has 0 spiro atoms. The molecule has 1 amide bonds. The first-order valence-corrected chi connectivity index (χ1v) is 14.4. The van der Waals surface area contributed by atoms with Crippen molar-refractivity contribution in [3.05, 3.63) is 64.2 Å². The lowest BCUT2D eigenvalue weighted by Crippen LogP contribution is -2.35. The van der Waals surface area contributed by atoms with E-state index in [0.717, 1.165) is 12.8 Å². The van der Waals surface area contributed by atoms with E-state index in [1.54, 1.807) is 36.4 Å². The molecule has 0 aromatic heterocycles. The van der Waals surface area contributed by atoms with Gasteiger partial charge in [-0.3, -0.25) is 19.9 Å². The van der Waals surface area contributed by atoms with Crippen molar-refractivity contribution in [3.63, 3.8) is 0 Å². The Morgan fingerprint density at radius 1 is 0.955 bits per heavy atom. The Bertz CT molecular complexity index is 1560. The van der Waals surface area contributed by atoms with Crippen LogP contribution >= 0.6 is 0 Å². The molecule has 1 saturated heterocycles. The molecule has 0 saturated carbocycles. The van der Waals surface area contributed by atoms with Gasteiger partial charge in [0.05, 0.1) is 56.2 Å². The molecule has 0 radical (unpaired) electrons. The Hall–Kier alpha value is -5.00. The van der Waals surface area contributed by atoms with Crippen LogP contribution in [0.15, 0.2) is 53.5 Å². The number of methoxy groups -OCH3 is 3. The fourth-order valence-corrected chi connectivity index (χ4v) is 5.27. The van der Waals surface area contributed by atoms with Gasteiger partial charge in [0.25, 0.3) is 5.91 Å². The number of hydrogen-bond donors (Lipinski definition) is 0. The number of hydrogen-bond acceptors (Lipinski definition) is 10. The Morgan fingerprint density at radius 2 is 1.68 bits per heavy atom. The van der Waals surface area contributed by atoms with Crippen LogP contribution in [0.25, 0.3) is 0 Å². The molecule has 2 heterocycles. The zero-order valence-electron chi connectivity index (χ0n) is 25.1. The highest BCUT2D eigenvalue weighted by molar-refractivity contribution is 6.03. The summed E-state index contributed by atoms with van der Waals surface area (Å²) in [5, 5.41) is 11.9. The smallest absolute Gasteiger partial charge is 0.315 e. The quantitative estimate of drug-likeness (QED) is 0.161. The van der Waals surface area contributed by atoms with Gasteiger partial charge in [-0.2, -0.15) is 0 Å². The molecule has 5 rings (SSSR count). The van der Waals surface area contributed by atoms with Gasteiger partial charge >= 0.3 is 5.69 Å². The molecule has 3 aromatic carbocycles. The van der Waals surface area contributed by atoms with Crippen LogP contribution in [0.3, 0.4) is 0 Å². The molecule has 0 bridgehead atoms. The van der Waals surface area contributed by atoms with Gasteiger partial charge in [-0.15, -0.1) is 0 Å². The maximum absolute atomic E-state index is 13.1. The number of aliphatic imine (C=N–C) groups is 1. The monoisotopic (exact) mass is 605 g/mol.